The molecule has 0 aliphatic rings. The second-order valence-corrected chi connectivity index (χ2v) is 4.30. The van der Waals surface area contributed by atoms with Crippen LogP contribution in [0.4, 0.5) is 4.39 Å². The number of hydrogen-bond acceptors (Lipinski definition) is 3. The Hall–Kier alpha value is -0.680. The van der Waals surface area contributed by atoms with Crippen molar-refractivity contribution in [1.82, 2.24) is 0 Å². The molecular formula is C14H20ClFO3. The highest BCUT2D eigenvalue weighted by Gasteiger charge is 2.33. The number of hydrogen-bond donors (Lipinski definition) is 0. The predicted octanol–water partition coefficient (Wildman–Crippen LogP) is 3.78. The van der Waals surface area contributed by atoms with Gasteiger partial charge in [-0.15, -0.1) is 0 Å². The van der Waals surface area contributed by atoms with Crippen LogP contribution in [0.3, 0.4) is 0 Å². The molecule has 0 atom stereocenters. The van der Waals surface area contributed by atoms with E-state index >= 15 is 0 Å². The van der Waals surface area contributed by atoms with E-state index in [2.05, 4.69) is 0 Å². The molecule has 0 N–H and O–H groups in total. The van der Waals surface area contributed by atoms with E-state index in [9.17, 15) is 4.39 Å². The zero-order valence-corrected chi connectivity index (χ0v) is 12.3. The van der Waals surface area contributed by atoms with E-state index in [4.69, 9.17) is 25.8 Å². The highest BCUT2D eigenvalue weighted by atomic mass is 35.5. The molecule has 0 aliphatic carbocycles. The molecule has 0 fully saturated rings. The molecule has 0 amide bonds. The Bertz CT molecular complexity index is 381. The molecule has 0 spiro atoms. The molecule has 5 heteroatoms. The van der Waals surface area contributed by atoms with E-state index in [0.717, 1.165) is 5.56 Å². The Morgan fingerprint density at radius 3 is 2.00 bits per heavy atom. The van der Waals surface area contributed by atoms with Gasteiger partial charge >= 0.3 is 0 Å². The lowest BCUT2D eigenvalue weighted by atomic mass is 10.1. The van der Waals surface area contributed by atoms with Gasteiger partial charge in [-0.3, -0.25) is 0 Å². The summed E-state index contributed by atoms with van der Waals surface area (Å²) in [5.74, 6) is -1.54. The summed E-state index contributed by atoms with van der Waals surface area (Å²) in [7, 11) is 0. The van der Waals surface area contributed by atoms with Gasteiger partial charge in [0.15, 0.2) is 0 Å². The Morgan fingerprint density at radius 2 is 1.58 bits per heavy atom. The maximum Gasteiger partial charge on any atom is 0.287 e. The van der Waals surface area contributed by atoms with Crippen LogP contribution in [0.5, 0.6) is 0 Å². The number of halogens is 2. The van der Waals surface area contributed by atoms with E-state index in [0.29, 0.717) is 31.3 Å². The molecule has 0 unspecified atom stereocenters. The zero-order chi connectivity index (χ0) is 14.3. The summed E-state index contributed by atoms with van der Waals surface area (Å²) >= 11 is 6.03. The Balaban J connectivity index is 2.97. The van der Waals surface area contributed by atoms with Crippen molar-refractivity contribution in [2.75, 3.05) is 19.8 Å². The van der Waals surface area contributed by atoms with E-state index in [1.165, 1.54) is 12.1 Å². The van der Waals surface area contributed by atoms with Crippen LogP contribution in [0.2, 0.25) is 5.02 Å². The quantitative estimate of drug-likeness (QED) is 0.682. The minimum Gasteiger partial charge on any atom is -0.327 e. The summed E-state index contributed by atoms with van der Waals surface area (Å²) in [6.07, 6.45) is 0.307. The fourth-order valence-electron chi connectivity index (χ4n) is 1.84. The van der Waals surface area contributed by atoms with Crippen molar-refractivity contribution in [1.29, 1.82) is 0 Å². The van der Waals surface area contributed by atoms with Crippen molar-refractivity contribution < 1.29 is 18.6 Å². The second kappa shape index (κ2) is 7.80. The third-order valence-electron chi connectivity index (χ3n) is 2.51. The highest BCUT2D eigenvalue weighted by Crippen LogP contribution is 2.26. The molecule has 0 bridgehead atoms. The SMILES string of the molecule is CCOC(Cc1ccc(F)cc1Cl)(OCC)OCC. The van der Waals surface area contributed by atoms with Gasteiger partial charge < -0.3 is 14.2 Å². The normalized spacial score (nSPS) is 11.8. The van der Waals surface area contributed by atoms with E-state index in [-0.39, 0.29) is 5.82 Å². The van der Waals surface area contributed by atoms with Gasteiger partial charge in [0.25, 0.3) is 5.97 Å². The molecule has 1 aromatic carbocycles. The number of benzene rings is 1. The number of rotatable bonds is 8. The van der Waals surface area contributed by atoms with Crippen molar-refractivity contribution >= 4 is 11.6 Å². The van der Waals surface area contributed by atoms with Crippen LogP contribution in [0.1, 0.15) is 26.3 Å². The molecule has 1 aromatic rings. The summed E-state index contributed by atoms with van der Waals surface area (Å²) < 4.78 is 29.9. The van der Waals surface area contributed by atoms with Crippen LogP contribution in [-0.4, -0.2) is 25.8 Å². The lowest BCUT2D eigenvalue weighted by Crippen LogP contribution is -2.41. The maximum absolute atomic E-state index is 13.0. The molecule has 0 aromatic heterocycles. The first kappa shape index (κ1) is 16.4. The van der Waals surface area contributed by atoms with Gasteiger partial charge in [-0.2, -0.15) is 0 Å². The summed E-state index contributed by atoms with van der Waals surface area (Å²) in [5, 5.41) is 0.337. The third kappa shape index (κ3) is 4.73. The Morgan fingerprint density at radius 1 is 1.05 bits per heavy atom. The highest BCUT2D eigenvalue weighted by molar-refractivity contribution is 6.31. The molecule has 0 saturated heterocycles. The first-order chi connectivity index (χ1) is 9.06. The van der Waals surface area contributed by atoms with Crippen LogP contribution in [0, 0.1) is 5.82 Å². The lowest BCUT2D eigenvalue weighted by molar-refractivity contribution is -0.376. The minimum atomic E-state index is -1.17. The first-order valence-corrected chi connectivity index (χ1v) is 6.80. The molecule has 0 radical (unpaired) electrons. The van der Waals surface area contributed by atoms with Crippen LogP contribution >= 0.6 is 11.6 Å². The Kier molecular flexibility index (Phi) is 6.72. The lowest BCUT2D eigenvalue weighted by Gasteiger charge is -2.32. The maximum atomic E-state index is 13.0. The van der Waals surface area contributed by atoms with Gasteiger partial charge in [-0.1, -0.05) is 17.7 Å². The average Bonchev–Trinajstić information content (AvgIpc) is 2.34. The average molecular weight is 291 g/mol. The van der Waals surface area contributed by atoms with Crippen molar-refractivity contribution in [2.45, 2.75) is 33.2 Å². The predicted molar refractivity (Wildman–Crippen MR) is 72.7 cm³/mol. The molecule has 0 saturated carbocycles. The minimum absolute atomic E-state index is 0.307. The molecule has 0 heterocycles. The molecule has 1 rings (SSSR count). The fraction of sp³-hybridized carbons (Fsp3) is 0.571. The van der Waals surface area contributed by atoms with Gasteiger partial charge in [0.05, 0.1) is 6.42 Å². The van der Waals surface area contributed by atoms with Gasteiger partial charge in [-0.05, 0) is 38.5 Å². The van der Waals surface area contributed by atoms with Gasteiger partial charge in [0.1, 0.15) is 5.82 Å². The molecule has 108 valence electrons. The van der Waals surface area contributed by atoms with E-state index in [1.807, 2.05) is 20.8 Å². The van der Waals surface area contributed by atoms with Crippen molar-refractivity contribution in [2.24, 2.45) is 0 Å². The summed E-state index contributed by atoms with van der Waals surface area (Å²) in [6.45, 7) is 6.91. The molecule has 0 aliphatic heterocycles. The third-order valence-corrected chi connectivity index (χ3v) is 2.87. The van der Waals surface area contributed by atoms with Crippen LogP contribution in [0.15, 0.2) is 18.2 Å². The summed E-state index contributed by atoms with van der Waals surface area (Å²) in [4.78, 5) is 0. The Labute approximate surface area is 118 Å². The van der Waals surface area contributed by atoms with Gasteiger partial charge in [-0.25, -0.2) is 4.39 Å². The zero-order valence-electron chi connectivity index (χ0n) is 11.5. The topological polar surface area (TPSA) is 27.7 Å². The van der Waals surface area contributed by atoms with Crippen LogP contribution < -0.4 is 0 Å². The van der Waals surface area contributed by atoms with Crippen molar-refractivity contribution in [3.8, 4) is 0 Å². The monoisotopic (exact) mass is 290 g/mol. The first-order valence-electron chi connectivity index (χ1n) is 6.42. The summed E-state index contributed by atoms with van der Waals surface area (Å²) in [6, 6.07) is 4.24. The van der Waals surface area contributed by atoms with Crippen LogP contribution in [-0.2, 0) is 20.6 Å². The smallest absolute Gasteiger partial charge is 0.287 e. The van der Waals surface area contributed by atoms with Gasteiger partial charge in [0, 0.05) is 24.8 Å². The second-order valence-electron chi connectivity index (χ2n) is 3.89. The summed E-state index contributed by atoms with van der Waals surface area (Å²) in [5.41, 5.74) is 0.721. The van der Waals surface area contributed by atoms with Crippen molar-refractivity contribution in [3.63, 3.8) is 0 Å². The van der Waals surface area contributed by atoms with E-state index in [1.54, 1.807) is 6.07 Å². The standard InChI is InChI=1S/C14H20ClFO3/c1-4-17-14(18-5-2,19-6-3)10-11-7-8-12(16)9-13(11)15/h7-9H,4-6,10H2,1-3H3. The molecule has 19 heavy (non-hydrogen) atoms. The largest absolute Gasteiger partial charge is 0.327 e. The van der Waals surface area contributed by atoms with Crippen LogP contribution in [0.25, 0.3) is 0 Å². The molecule has 3 nitrogen and oxygen atoms in total. The molecular weight excluding hydrogens is 271 g/mol. The van der Waals surface area contributed by atoms with E-state index < -0.39 is 5.97 Å². The van der Waals surface area contributed by atoms with Gasteiger partial charge in [0.2, 0.25) is 0 Å². The van der Waals surface area contributed by atoms with Crippen molar-refractivity contribution in [3.05, 3.63) is 34.6 Å². The number of ether oxygens (including phenoxy) is 3. The fourth-order valence-corrected chi connectivity index (χ4v) is 2.07.